The number of nitrogens with zero attached hydrogens (tertiary/aromatic N) is 1. The first-order valence-corrected chi connectivity index (χ1v) is 12.2. The number of hydrogen-bond donors (Lipinski definition) is 2. The van der Waals surface area contributed by atoms with Crippen molar-refractivity contribution in [1.29, 1.82) is 0 Å². The lowest BCUT2D eigenvalue weighted by molar-refractivity contribution is -0.121. The summed E-state index contributed by atoms with van der Waals surface area (Å²) in [6, 6.07) is 16.2. The lowest BCUT2D eigenvalue weighted by Crippen LogP contribution is -2.28. The molecule has 0 spiro atoms. The molecule has 34 heavy (non-hydrogen) atoms. The highest BCUT2D eigenvalue weighted by molar-refractivity contribution is 5.97. The molecule has 1 aliphatic rings. The van der Waals surface area contributed by atoms with E-state index in [9.17, 15) is 14.0 Å². The number of fused-ring (bicyclic) bond motifs is 1. The fourth-order valence-corrected chi connectivity index (χ4v) is 4.77. The summed E-state index contributed by atoms with van der Waals surface area (Å²) in [5.41, 5.74) is 2.51. The summed E-state index contributed by atoms with van der Waals surface area (Å²) in [5, 5.41) is 7.05. The average Bonchev–Trinajstić information content (AvgIpc) is 2.89. The molecule has 178 valence electrons. The fraction of sp³-hybridized carbons (Fsp3) is 0.393. The Kier molecular flexibility index (Phi) is 8.23. The Hall–Kier alpha value is -3.28. The third-order valence-electron chi connectivity index (χ3n) is 6.76. The summed E-state index contributed by atoms with van der Waals surface area (Å²) in [6.07, 6.45) is 7.88. The molecule has 0 bridgehead atoms. The molecule has 0 radical (unpaired) electrons. The molecule has 2 unspecified atom stereocenters. The number of nitrogens with one attached hydrogen (secondary N) is 2. The molecule has 1 aromatic heterocycles. The Morgan fingerprint density at radius 2 is 1.85 bits per heavy atom. The van der Waals surface area contributed by atoms with E-state index in [2.05, 4.69) is 15.6 Å². The van der Waals surface area contributed by atoms with E-state index >= 15 is 0 Å². The molecule has 2 N–H and O–H groups in total. The predicted molar refractivity (Wildman–Crippen MR) is 132 cm³/mol. The minimum absolute atomic E-state index is 0.0740. The van der Waals surface area contributed by atoms with Crippen molar-refractivity contribution in [3.8, 4) is 0 Å². The third kappa shape index (κ3) is 6.62. The summed E-state index contributed by atoms with van der Waals surface area (Å²) >= 11 is 0. The van der Waals surface area contributed by atoms with Gasteiger partial charge >= 0.3 is 0 Å². The lowest BCUT2D eigenvalue weighted by Gasteiger charge is -2.19. The van der Waals surface area contributed by atoms with E-state index in [-0.39, 0.29) is 23.5 Å². The van der Waals surface area contributed by atoms with Crippen LogP contribution in [0.3, 0.4) is 0 Å². The number of halogens is 1. The molecule has 1 fully saturated rings. The van der Waals surface area contributed by atoms with Gasteiger partial charge in [0.25, 0.3) is 5.91 Å². The number of hydrogen-bond acceptors (Lipinski definition) is 3. The fourth-order valence-electron chi connectivity index (χ4n) is 4.77. The molecule has 2 aromatic carbocycles. The van der Waals surface area contributed by atoms with Crippen LogP contribution in [0.1, 0.15) is 66.8 Å². The maximum atomic E-state index is 13.3. The number of para-hydroxylation sites is 1. The van der Waals surface area contributed by atoms with Gasteiger partial charge in [-0.15, -0.1) is 0 Å². The van der Waals surface area contributed by atoms with E-state index < -0.39 is 0 Å². The van der Waals surface area contributed by atoms with Crippen molar-refractivity contribution in [2.24, 2.45) is 5.92 Å². The molecule has 1 aliphatic heterocycles. The highest BCUT2D eigenvalue weighted by Crippen LogP contribution is 2.27. The Balaban J connectivity index is 1.31. The van der Waals surface area contributed by atoms with E-state index in [0.29, 0.717) is 31.0 Å². The van der Waals surface area contributed by atoms with Gasteiger partial charge in [-0.1, -0.05) is 43.2 Å². The zero-order valence-corrected chi connectivity index (χ0v) is 19.4. The molecule has 2 heterocycles. The van der Waals surface area contributed by atoms with Crippen molar-refractivity contribution in [1.82, 2.24) is 15.6 Å². The van der Waals surface area contributed by atoms with Crippen LogP contribution in [0.15, 0.2) is 60.8 Å². The summed E-state index contributed by atoms with van der Waals surface area (Å²) in [6.45, 7) is 1.19. The average molecular weight is 462 g/mol. The van der Waals surface area contributed by atoms with Crippen LogP contribution in [0.25, 0.3) is 10.9 Å². The Bertz CT molecular complexity index is 1120. The number of amides is 2. The summed E-state index contributed by atoms with van der Waals surface area (Å²) in [7, 11) is 0. The van der Waals surface area contributed by atoms with Gasteiger partial charge in [-0.05, 0) is 61.4 Å². The minimum Gasteiger partial charge on any atom is -0.355 e. The molecule has 4 rings (SSSR count). The van der Waals surface area contributed by atoms with Crippen LogP contribution >= 0.6 is 0 Å². The van der Waals surface area contributed by atoms with Crippen LogP contribution in [0.2, 0.25) is 0 Å². The highest BCUT2D eigenvalue weighted by Gasteiger charge is 2.18. The molecule has 1 saturated heterocycles. The zero-order valence-electron chi connectivity index (χ0n) is 19.4. The van der Waals surface area contributed by atoms with Crippen LogP contribution in [0.4, 0.5) is 4.39 Å². The van der Waals surface area contributed by atoms with E-state index in [1.807, 2.05) is 42.5 Å². The second-order valence-corrected chi connectivity index (χ2v) is 9.20. The summed E-state index contributed by atoms with van der Waals surface area (Å²) < 4.78 is 13.3. The van der Waals surface area contributed by atoms with E-state index in [4.69, 9.17) is 0 Å². The molecule has 3 aromatic rings. The van der Waals surface area contributed by atoms with E-state index in [0.717, 1.165) is 55.0 Å². The van der Waals surface area contributed by atoms with Gasteiger partial charge < -0.3 is 10.6 Å². The molecule has 0 saturated carbocycles. The smallest absolute Gasteiger partial charge is 0.252 e. The number of aromatic nitrogens is 1. The number of rotatable bonds is 5. The van der Waals surface area contributed by atoms with Crippen LogP contribution in [0.5, 0.6) is 0 Å². The molecule has 2 atom stereocenters. The second kappa shape index (κ2) is 11.7. The van der Waals surface area contributed by atoms with Crippen molar-refractivity contribution in [2.45, 2.75) is 50.9 Å². The molecular formula is C28H32FN3O2. The van der Waals surface area contributed by atoms with Crippen molar-refractivity contribution in [2.75, 3.05) is 13.1 Å². The van der Waals surface area contributed by atoms with Crippen molar-refractivity contribution >= 4 is 22.7 Å². The van der Waals surface area contributed by atoms with Crippen LogP contribution < -0.4 is 10.6 Å². The van der Waals surface area contributed by atoms with Crippen LogP contribution in [-0.4, -0.2) is 29.9 Å². The van der Waals surface area contributed by atoms with Crippen LogP contribution in [0, 0.1) is 11.7 Å². The third-order valence-corrected chi connectivity index (χ3v) is 6.76. The van der Waals surface area contributed by atoms with Gasteiger partial charge in [-0.25, -0.2) is 4.39 Å². The van der Waals surface area contributed by atoms with Gasteiger partial charge in [-0.2, -0.15) is 0 Å². The summed E-state index contributed by atoms with van der Waals surface area (Å²) in [5.74, 6) is 0.361. The molecule has 5 nitrogen and oxygen atoms in total. The molecule has 2 amide bonds. The minimum atomic E-state index is -0.244. The molecule has 6 heteroatoms. The van der Waals surface area contributed by atoms with Crippen molar-refractivity contribution in [3.63, 3.8) is 0 Å². The SMILES string of the molecule is O=C1CCCC(CCNC(=O)c2cnc3ccccc3c2)CCCC(c2ccc(F)cc2)CN1. The van der Waals surface area contributed by atoms with Gasteiger partial charge in [0.1, 0.15) is 5.82 Å². The zero-order chi connectivity index (χ0) is 23.8. The molecule has 0 aliphatic carbocycles. The summed E-state index contributed by atoms with van der Waals surface area (Å²) in [4.78, 5) is 29.3. The number of pyridine rings is 1. The van der Waals surface area contributed by atoms with E-state index in [1.165, 1.54) is 12.1 Å². The van der Waals surface area contributed by atoms with Crippen LogP contribution in [-0.2, 0) is 4.79 Å². The first-order valence-electron chi connectivity index (χ1n) is 12.2. The predicted octanol–water partition coefficient (Wildman–Crippen LogP) is 5.36. The van der Waals surface area contributed by atoms with Gasteiger partial charge in [0.15, 0.2) is 0 Å². The number of carbonyl (C=O) groups is 2. The lowest BCUT2D eigenvalue weighted by atomic mass is 9.88. The second-order valence-electron chi connectivity index (χ2n) is 9.20. The number of carbonyl (C=O) groups excluding carboxylic acids is 2. The quantitative estimate of drug-likeness (QED) is 0.537. The van der Waals surface area contributed by atoms with Crippen molar-refractivity contribution in [3.05, 3.63) is 77.7 Å². The van der Waals surface area contributed by atoms with E-state index in [1.54, 1.807) is 6.20 Å². The largest absolute Gasteiger partial charge is 0.355 e. The first kappa shape index (κ1) is 23.9. The van der Waals surface area contributed by atoms with Gasteiger partial charge in [0.05, 0.1) is 11.1 Å². The Labute approximate surface area is 200 Å². The Morgan fingerprint density at radius 3 is 2.71 bits per heavy atom. The van der Waals surface area contributed by atoms with Crippen molar-refractivity contribution < 1.29 is 14.0 Å². The van der Waals surface area contributed by atoms with Gasteiger partial charge in [0, 0.05) is 37.0 Å². The Morgan fingerprint density at radius 1 is 1.06 bits per heavy atom. The maximum Gasteiger partial charge on any atom is 0.252 e. The molecular weight excluding hydrogens is 429 g/mol. The van der Waals surface area contributed by atoms with Gasteiger partial charge in [0.2, 0.25) is 5.91 Å². The normalized spacial score (nSPS) is 19.7. The monoisotopic (exact) mass is 461 g/mol. The van der Waals surface area contributed by atoms with Gasteiger partial charge in [-0.3, -0.25) is 14.6 Å². The highest BCUT2D eigenvalue weighted by atomic mass is 19.1. The maximum absolute atomic E-state index is 13.3. The standard InChI is InChI=1S/C28H32FN3O2/c29-25-13-11-21(12-14-25)23-8-3-5-20(6-4-10-27(33)32-18-23)15-16-30-28(34)24-17-22-7-1-2-9-26(22)31-19-24/h1-2,7,9,11-14,17,19-20,23H,3-6,8,10,15-16,18H2,(H,30,34)(H,32,33). The topological polar surface area (TPSA) is 71.1 Å². The number of benzene rings is 2. The first-order chi connectivity index (χ1) is 16.6.